The minimum atomic E-state index is -3.00. The number of rotatable bonds is 6. The Labute approximate surface area is 142 Å². The Morgan fingerprint density at radius 2 is 2.00 bits per heavy atom. The Morgan fingerprint density at radius 3 is 2.76 bits per heavy atom. The van der Waals surface area contributed by atoms with E-state index in [-0.39, 0.29) is 17.9 Å². The second kappa shape index (κ2) is 7.52. The number of carbonyl (C=O) groups excluding carboxylic acids is 1. The van der Waals surface area contributed by atoms with Crippen LogP contribution in [0.2, 0.25) is 0 Å². The molecule has 0 bridgehead atoms. The number of pyridine rings is 1. The van der Waals surface area contributed by atoms with Crippen LogP contribution in [0.5, 0.6) is 5.75 Å². The quantitative estimate of drug-likeness (QED) is 0.747. The molecule has 0 saturated carbocycles. The zero-order valence-electron chi connectivity index (χ0n) is 13.0. The molecule has 1 amide bonds. The highest BCUT2D eigenvalue weighted by atomic mass is 19.3. The monoisotopic (exact) mass is 344 g/mol. The van der Waals surface area contributed by atoms with E-state index >= 15 is 0 Å². The minimum Gasteiger partial charge on any atom is -0.434 e. The molecule has 1 aromatic carbocycles. The van der Waals surface area contributed by atoms with Gasteiger partial charge in [0.05, 0.1) is 5.56 Å². The second-order valence-electron chi connectivity index (χ2n) is 4.99. The van der Waals surface area contributed by atoms with Crippen LogP contribution in [0.4, 0.5) is 8.78 Å². The lowest BCUT2D eigenvalue weighted by Crippen LogP contribution is -2.24. The summed E-state index contributed by atoms with van der Waals surface area (Å²) in [4.78, 5) is 16.6. The van der Waals surface area contributed by atoms with Crippen molar-refractivity contribution in [3.05, 3.63) is 72.2 Å². The van der Waals surface area contributed by atoms with Crippen LogP contribution >= 0.6 is 0 Å². The maximum Gasteiger partial charge on any atom is 0.387 e. The minimum absolute atomic E-state index is 0.0346. The fraction of sp³-hybridized carbons (Fsp3) is 0.118. The van der Waals surface area contributed by atoms with Gasteiger partial charge in [-0.25, -0.2) is 9.67 Å². The fourth-order valence-electron chi connectivity index (χ4n) is 2.29. The lowest BCUT2D eigenvalue weighted by Gasteiger charge is -2.12. The lowest BCUT2D eigenvalue weighted by atomic mass is 10.1. The van der Waals surface area contributed by atoms with Crippen molar-refractivity contribution in [2.45, 2.75) is 13.2 Å². The number of alkyl halides is 2. The molecule has 0 radical (unpaired) electrons. The van der Waals surface area contributed by atoms with Crippen LogP contribution in [0.1, 0.15) is 15.9 Å². The molecule has 0 spiro atoms. The Bertz CT molecular complexity index is 853. The van der Waals surface area contributed by atoms with E-state index in [4.69, 9.17) is 0 Å². The number of carbonyl (C=O) groups is 1. The van der Waals surface area contributed by atoms with Crippen molar-refractivity contribution in [3.63, 3.8) is 0 Å². The molecule has 0 saturated heterocycles. The molecule has 2 heterocycles. The molecule has 0 aliphatic carbocycles. The van der Waals surface area contributed by atoms with Crippen LogP contribution in [-0.4, -0.2) is 27.3 Å². The van der Waals surface area contributed by atoms with E-state index in [1.807, 2.05) is 0 Å². The number of halogens is 2. The first-order valence-corrected chi connectivity index (χ1v) is 7.41. The summed E-state index contributed by atoms with van der Waals surface area (Å²) in [6.07, 6.45) is 4.97. The standard InChI is InChI=1S/C17H14F2N4O2/c18-17(19)25-14-7-2-1-6-13(14)16(24)21-11-12-5-3-8-20-15(12)23-10-4-9-22-23/h1-10,17H,11H2,(H,21,24). The van der Waals surface area contributed by atoms with Crippen molar-refractivity contribution < 1.29 is 18.3 Å². The molecule has 128 valence electrons. The van der Waals surface area contributed by atoms with Gasteiger partial charge < -0.3 is 10.1 Å². The van der Waals surface area contributed by atoms with Gasteiger partial charge in [-0.05, 0) is 24.3 Å². The maximum atomic E-state index is 12.5. The number of hydrogen-bond acceptors (Lipinski definition) is 4. The zero-order valence-corrected chi connectivity index (χ0v) is 13.0. The van der Waals surface area contributed by atoms with Gasteiger partial charge in [0.1, 0.15) is 5.75 Å². The molecule has 25 heavy (non-hydrogen) atoms. The number of ether oxygens (including phenoxy) is 1. The second-order valence-corrected chi connectivity index (χ2v) is 4.99. The highest BCUT2D eigenvalue weighted by Crippen LogP contribution is 2.20. The SMILES string of the molecule is O=C(NCc1cccnc1-n1cccn1)c1ccccc1OC(F)F. The van der Waals surface area contributed by atoms with Crippen LogP contribution < -0.4 is 10.1 Å². The van der Waals surface area contributed by atoms with E-state index in [0.717, 1.165) is 5.56 Å². The largest absolute Gasteiger partial charge is 0.434 e. The molecule has 0 fully saturated rings. The highest BCUT2D eigenvalue weighted by Gasteiger charge is 2.16. The molecule has 2 aromatic heterocycles. The summed E-state index contributed by atoms with van der Waals surface area (Å²) < 4.78 is 30.9. The van der Waals surface area contributed by atoms with Crippen molar-refractivity contribution in [2.24, 2.45) is 0 Å². The maximum absolute atomic E-state index is 12.5. The number of aromatic nitrogens is 3. The van der Waals surface area contributed by atoms with Crippen LogP contribution in [0.3, 0.4) is 0 Å². The van der Waals surface area contributed by atoms with Crippen molar-refractivity contribution in [3.8, 4) is 11.6 Å². The number of nitrogens with zero attached hydrogens (tertiary/aromatic N) is 3. The summed E-state index contributed by atoms with van der Waals surface area (Å²) in [5, 5.41) is 6.80. The Hall–Kier alpha value is -3.29. The van der Waals surface area contributed by atoms with Gasteiger partial charge in [0.25, 0.3) is 5.91 Å². The van der Waals surface area contributed by atoms with Crippen LogP contribution in [0, 0.1) is 0 Å². The van der Waals surface area contributed by atoms with Crippen molar-refractivity contribution in [1.82, 2.24) is 20.1 Å². The van der Waals surface area contributed by atoms with E-state index in [0.29, 0.717) is 5.82 Å². The molecule has 0 unspecified atom stereocenters. The third-order valence-electron chi connectivity index (χ3n) is 3.38. The van der Waals surface area contributed by atoms with Crippen molar-refractivity contribution in [1.29, 1.82) is 0 Å². The molecular weight excluding hydrogens is 330 g/mol. The number of amides is 1. The summed E-state index contributed by atoms with van der Waals surface area (Å²) >= 11 is 0. The van der Waals surface area contributed by atoms with Gasteiger partial charge in [0.2, 0.25) is 0 Å². The lowest BCUT2D eigenvalue weighted by molar-refractivity contribution is -0.0501. The first-order chi connectivity index (χ1) is 12.1. The van der Waals surface area contributed by atoms with Gasteiger partial charge in [0, 0.05) is 30.7 Å². The van der Waals surface area contributed by atoms with Gasteiger partial charge in [-0.15, -0.1) is 0 Å². The number of para-hydroxylation sites is 1. The van der Waals surface area contributed by atoms with Gasteiger partial charge in [-0.3, -0.25) is 4.79 Å². The van der Waals surface area contributed by atoms with Crippen LogP contribution in [0.25, 0.3) is 5.82 Å². The summed E-state index contributed by atoms with van der Waals surface area (Å²) in [5.41, 5.74) is 0.763. The Kier molecular flexibility index (Phi) is 4.98. The van der Waals surface area contributed by atoms with E-state index in [9.17, 15) is 13.6 Å². The third kappa shape index (κ3) is 3.97. The first kappa shape index (κ1) is 16.6. The van der Waals surface area contributed by atoms with Crippen LogP contribution in [-0.2, 0) is 6.54 Å². The predicted octanol–water partition coefficient (Wildman–Crippen LogP) is 2.80. The number of benzene rings is 1. The third-order valence-corrected chi connectivity index (χ3v) is 3.38. The van der Waals surface area contributed by atoms with Crippen molar-refractivity contribution in [2.75, 3.05) is 0 Å². The molecule has 0 aliphatic rings. The average Bonchev–Trinajstić information content (AvgIpc) is 3.14. The normalized spacial score (nSPS) is 10.7. The number of nitrogens with one attached hydrogen (secondary N) is 1. The average molecular weight is 344 g/mol. The van der Waals surface area contributed by atoms with E-state index in [2.05, 4.69) is 20.1 Å². The summed E-state index contributed by atoms with van der Waals surface area (Å²) in [7, 11) is 0. The van der Waals surface area contributed by atoms with Gasteiger partial charge in [0.15, 0.2) is 5.82 Å². The molecule has 8 heteroatoms. The molecule has 0 atom stereocenters. The zero-order chi connectivity index (χ0) is 17.6. The summed E-state index contributed by atoms with van der Waals surface area (Å²) in [6.45, 7) is -2.84. The van der Waals surface area contributed by atoms with E-state index in [1.54, 1.807) is 47.5 Å². The molecular formula is C17H14F2N4O2. The fourth-order valence-corrected chi connectivity index (χ4v) is 2.29. The van der Waals surface area contributed by atoms with Crippen molar-refractivity contribution >= 4 is 5.91 Å². The summed E-state index contributed by atoms with van der Waals surface area (Å²) in [5.74, 6) is -0.120. The molecule has 0 aliphatic heterocycles. The first-order valence-electron chi connectivity index (χ1n) is 7.41. The smallest absolute Gasteiger partial charge is 0.387 e. The number of hydrogen-bond donors (Lipinski definition) is 1. The van der Waals surface area contributed by atoms with Crippen LogP contribution in [0.15, 0.2) is 61.1 Å². The topological polar surface area (TPSA) is 69.0 Å². The van der Waals surface area contributed by atoms with E-state index < -0.39 is 12.5 Å². The van der Waals surface area contributed by atoms with E-state index in [1.165, 1.54) is 18.2 Å². The van der Waals surface area contributed by atoms with Gasteiger partial charge in [-0.2, -0.15) is 13.9 Å². The van der Waals surface area contributed by atoms with Gasteiger partial charge in [-0.1, -0.05) is 18.2 Å². The highest BCUT2D eigenvalue weighted by molar-refractivity contribution is 5.96. The Balaban J connectivity index is 1.76. The molecule has 1 N–H and O–H groups in total. The van der Waals surface area contributed by atoms with Gasteiger partial charge >= 0.3 is 6.61 Å². The molecule has 6 nitrogen and oxygen atoms in total. The molecule has 3 aromatic rings. The Morgan fingerprint density at radius 1 is 1.16 bits per heavy atom. The predicted molar refractivity (Wildman–Crippen MR) is 85.6 cm³/mol. The summed E-state index contributed by atoms with van der Waals surface area (Å²) in [6, 6.07) is 11.1. The molecule has 3 rings (SSSR count).